The van der Waals surface area contributed by atoms with E-state index in [1.807, 2.05) is 0 Å². The van der Waals surface area contributed by atoms with Gasteiger partial charge in [0.15, 0.2) is 6.04 Å². The Morgan fingerprint density at radius 3 is 2.08 bits per heavy atom. The summed E-state index contributed by atoms with van der Waals surface area (Å²) < 4.78 is 4.45. The van der Waals surface area contributed by atoms with Crippen LogP contribution in [0.2, 0.25) is 0 Å². The fourth-order valence-electron chi connectivity index (χ4n) is 2.02. The minimum Gasteiger partial charge on any atom is -0.497 e. The lowest BCUT2D eigenvalue weighted by molar-refractivity contribution is -0.396. The second-order valence-electron chi connectivity index (χ2n) is 4.69. The summed E-state index contributed by atoms with van der Waals surface area (Å²) in [5.41, 5.74) is -2.11. The quantitative estimate of drug-likeness (QED) is 0.320. The number of nitro groups is 2. The molecule has 0 bridgehead atoms. The van der Waals surface area contributed by atoms with Crippen LogP contribution in [-0.4, -0.2) is 45.0 Å². The zero-order chi connectivity index (χ0) is 19.3. The third-order valence-electron chi connectivity index (χ3n) is 3.13. The van der Waals surface area contributed by atoms with Gasteiger partial charge < -0.3 is 9.84 Å². The van der Waals surface area contributed by atoms with Crippen LogP contribution in [-0.2, 0) is 20.7 Å². The number of phenolic OH excluding ortho intramolecular Hbond substituents is 1. The van der Waals surface area contributed by atoms with Crippen LogP contribution >= 0.6 is 0 Å². The Labute approximate surface area is 139 Å². The van der Waals surface area contributed by atoms with Crippen molar-refractivity contribution in [3.63, 3.8) is 0 Å². The van der Waals surface area contributed by atoms with Gasteiger partial charge in [-0.15, -0.1) is 4.91 Å². The molecule has 13 heteroatoms. The number of esters is 1. The molecule has 1 aromatic rings. The van der Waals surface area contributed by atoms with Gasteiger partial charge in [-0.3, -0.25) is 25.0 Å². The zero-order valence-electron chi connectivity index (χ0n) is 12.9. The van der Waals surface area contributed by atoms with E-state index in [-0.39, 0.29) is 10.6 Å². The van der Waals surface area contributed by atoms with Crippen molar-refractivity contribution >= 4 is 23.3 Å². The van der Waals surface area contributed by atoms with Crippen LogP contribution in [0.1, 0.15) is 12.5 Å². The van der Waals surface area contributed by atoms with Crippen LogP contribution in [0.15, 0.2) is 17.4 Å². The van der Waals surface area contributed by atoms with Crippen LogP contribution in [0.3, 0.4) is 0 Å². The average molecular weight is 356 g/mol. The smallest absolute Gasteiger partial charge is 0.331 e. The summed E-state index contributed by atoms with van der Waals surface area (Å²) in [6, 6.07) is -0.0354. The van der Waals surface area contributed by atoms with Gasteiger partial charge in [-0.2, -0.15) is 5.01 Å². The molecule has 0 spiro atoms. The Hall–Kier alpha value is -3.64. The van der Waals surface area contributed by atoms with E-state index in [0.29, 0.717) is 0 Å². The Morgan fingerprint density at radius 1 is 1.28 bits per heavy atom. The summed E-state index contributed by atoms with van der Waals surface area (Å²) in [5.74, 6) is -3.13. The Morgan fingerprint density at radius 2 is 1.76 bits per heavy atom. The first-order valence-electron chi connectivity index (χ1n) is 6.49. The maximum atomic E-state index is 11.8. The summed E-state index contributed by atoms with van der Waals surface area (Å²) >= 11 is 0. The number of benzene rings is 1. The molecule has 0 aliphatic heterocycles. The van der Waals surface area contributed by atoms with Gasteiger partial charge in [-0.25, -0.2) is 4.79 Å². The van der Waals surface area contributed by atoms with Crippen molar-refractivity contribution in [3.8, 4) is 5.75 Å². The zero-order valence-corrected chi connectivity index (χ0v) is 12.9. The number of methoxy groups -OCH3 is 1. The minimum absolute atomic E-state index is 0.165. The summed E-state index contributed by atoms with van der Waals surface area (Å²) in [6.45, 7) is 0.944. The maximum absolute atomic E-state index is 11.8. The molecule has 0 radical (unpaired) electrons. The average Bonchev–Trinajstić information content (AvgIpc) is 2.54. The number of nitrogens with zero attached hydrogens (tertiary/aromatic N) is 4. The van der Waals surface area contributed by atoms with Gasteiger partial charge in [0.25, 0.3) is 5.75 Å². The van der Waals surface area contributed by atoms with Crippen molar-refractivity contribution < 1.29 is 29.3 Å². The molecule has 0 aliphatic rings. The Bertz CT molecular complexity index is 713. The molecule has 1 rings (SSSR count). The van der Waals surface area contributed by atoms with Gasteiger partial charge in [0, 0.05) is 25.5 Å². The molecule has 0 fully saturated rings. The molecule has 134 valence electrons. The molecule has 1 amide bonds. The number of ether oxygens (including phenoxy) is 1. The fraction of sp³-hybridized carbons (Fsp3) is 0.333. The predicted molar refractivity (Wildman–Crippen MR) is 79.2 cm³/mol. The van der Waals surface area contributed by atoms with Gasteiger partial charge in [-0.05, 0) is 5.56 Å². The maximum Gasteiger partial charge on any atom is 0.331 e. The highest BCUT2D eigenvalue weighted by atomic mass is 16.6. The minimum atomic E-state index is -1.59. The van der Waals surface area contributed by atoms with Crippen LogP contribution < -0.4 is 0 Å². The van der Waals surface area contributed by atoms with Crippen molar-refractivity contribution in [2.24, 2.45) is 5.29 Å². The van der Waals surface area contributed by atoms with Gasteiger partial charge in [0.05, 0.1) is 22.2 Å². The molecule has 13 nitrogen and oxygen atoms in total. The fourth-order valence-corrected chi connectivity index (χ4v) is 2.02. The number of carbonyl (C=O) groups is 2. The van der Waals surface area contributed by atoms with Crippen LogP contribution in [0.4, 0.5) is 11.4 Å². The van der Waals surface area contributed by atoms with Crippen molar-refractivity contribution in [1.29, 1.82) is 0 Å². The molecule has 0 saturated heterocycles. The summed E-state index contributed by atoms with van der Waals surface area (Å²) in [5, 5.41) is 34.1. The molecular weight excluding hydrogens is 344 g/mol. The number of nitro benzene ring substituents is 2. The van der Waals surface area contributed by atoms with Gasteiger partial charge in [0.1, 0.15) is 0 Å². The van der Waals surface area contributed by atoms with Crippen molar-refractivity contribution in [1.82, 2.24) is 5.01 Å². The van der Waals surface area contributed by atoms with E-state index in [2.05, 4.69) is 10.0 Å². The number of amides is 1. The summed E-state index contributed by atoms with van der Waals surface area (Å²) in [4.78, 5) is 53.7. The number of carbonyl (C=O) groups excluding carboxylic acids is 2. The van der Waals surface area contributed by atoms with E-state index in [1.165, 1.54) is 0 Å². The van der Waals surface area contributed by atoms with Crippen molar-refractivity contribution in [2.45, 2.75) is 19.4 Å². The summed E-state index contributed by atoms with van der Waals surface area (Å²) in [6.07, 6.45) is -0.542. The lowest BCUT2D eigenvalue weighted by Crippen LogP contribution is -2.42. The van der Waals surface area contributed by atoms with E-state index >= 15 is 0 Å². The standard InChI is InChI=1S/C12H12N4O9/c1-6(17)14(13-20)10(12(19)25-2)5-7-3-8(15(21)22)11(18)9(4-7)16(23)24/h3-4,10,18H,5H2,1-2H3/t10-/m0/s1. The molecule has 25 heavy (non-hydrogen) atoms. The first-order valence-corrected chi connectivity index (χ1v) is 6.49. The highest BCUT2D eigenvalue weighted by Gasteiger charge is 2.33. The highest BCUT2D eigenvalue weighted by molar-refractivity contribution is 5.83. The van der Waals surface area contributed by atoms with Crippen LogP contribution in [0.25, 0.3) is 0 Å². The number of hydrogen-bond acceptors (Lipinski definition) is 10. The number of hydrogen-bond donors (Lipinski definition) is 1. The van der Waals surface area contributed by atoms with Crippen LogP contribution in [0.5, 0.6) is 5.75 Å². The van der Waals surface area contributed by atoms with E-state index in [9.17, 15) is 39.8 Å². The molecule has 0 aromatic heterocycles. The van der Waals surface area contributed by atoms with Crippen molar-refractivity contribution in [3.05, 3.63) is 42.8 Å². The first kappa shape index (κ1) is 19.4. The Kier molecular flexibility index (Phi) is 6.02. The van der Waals surface area contributed by atoms with Gasteiger partial charge in [-0.1, -0.05) is 0 Å². The van der Waals surface area contributed by atoms with E-state index in [1.54, 1.807) is 0 Å². The molecule has 1 aromatic carbocycles. The molecule has 0 heterocycles. The second kappa shape index (κ2) is 7.76. The lowest BCUT2D eigenvalue weighted by Gasteiger charge is -2.21. The molecule has 1 atom stereocenters. The predicted octanol–water partition coefficient (Wildman–Crippen LogP) is 0.823. The number of rotatable bonds is 7. The number of aromatic hydroxyl groups is 1. The monoisotopic (exact) mass is 356 g/mol. The van der Waals surface area contributed by atoms with Gasteiger partial charge >= 0.3 is 17.3 Å². The highest BCUT2D eigenvalue weighted by Crippen LogP contribution is 2.37. The Balaban J connectivity index is 3.44. The first-order chi connectivity index (χ1) is 11.6. The molecular formula is C12H12N4O9. The molecule has 0 unspecified atom stereocenters. The van der Waals surface area contributed by atoms with E-state index < -0.39 is 51.3 Å². The van der Waals surface area contributed by atoms with Gasteiger partial charge in [0.2, 0.25) is 5.91 Å². The number of phenols is 1. The third-order valence-corrected chi connectivity index (χ3v) is 3.13. The summed E-state index contributed by atoms with van der Waals surface area (Å²) in [7, 11) is 0.972. The molecule has 1 N–H and O–H groups in total. The lowest BCUT2D eigenvalue weighted by atomic mass is 10.0. The van der Waals surface area contributed by atoms with E-state index in [4.69, 9.17) is 0 Å². The second-order valence-corrected chi connectivity index (χ2v) is 4.69. The van der Waals surface area contributed by atoms with Crippen LogP contribution in [0, 0.1) is 25.1 Å². The topological polar surface area (TPSA) is 183 Å². The SMILES string of the molecule is COC(=O)[C@H](Cc1cc([N+](=O)[O-])c(O)c([N+](=O)[O-])c1)N(N=O)C(C)=O. The van der Waals surface area contributed by atoms with Crippen molar-refractivity contribution in [2.75, 3.05) is 7.11 Å². The largest absolute Gasteiger partial charge is 0.497 e. The normalized spacial score (nSPS) is 11.3. The molecule has 0 saturated carbocycles. The third kappa shape index (κ3) is 4.21. The number of nitroso groups, excluding NO2 is 1. The molecule has 0 aliphatic carbocycles. The van der Waals surface area contributed by atoms with E-state index in [0.717, 1.165) is 26.2 Å².